The van der Waals surface area contributed by atoms with Gasteiger partial charge in [-0.1, -0.05) is 11.8 Å². The lowest BCUT2D eigenvalue weighted by molar-refractivity contribution is -0.113. The van der Waals surface area contributed by atoms with E-state index >= 15 is 0 Å². The van der Waals surface area contributed by atoms with Gasteiger partial charge in [-0.3, -0.25) is 9.36 Å². The number of amides is 1. The number of benzene rings is 1. The lowest BCUT2D eigenvalue weighted by atomic mass is 10.2. The van der Waals surface area contributed by atoms with Gasteiger partial charge in [0, 0.05) is 25.8 Å². The molecule has 30 heavy (non-hydrogen) atoms. The molecule has 8 nitrogen and oxygen atoms in total. The molecule has 0 aliphatic carbocycles. The van der Waals surface area contributed by atoms with Crippen molar-refractivity contribution in [3.05, 3.63) is 29.8 Å². The van der Waals surface area contributed by atoms with E-state index in [0.717, 1.165) is 43.6 Å². The Bertz CT molecular complexity index is 885. The smallest absolute Gasteiger partial charge is 0.234 e. The minimum absolute atomic E-state index is 0.0112. The third-order valence-electron chi connectivity index (χ3n) is 4.94. The molecule has 4 rings (SSSR count). The van der Waals surface area contributed by atoms with E-state index < -0.39 is 17.5 Å². The van der Waals surface area contributed by atoms with Crippen LogP contribution >= 0.6 is 11.8 Å². The number of hydrogen-bond donors (Lipinski definition) is 1. The van der Waals surface area contributed by atoms with Crippen LogP contribution in [0.2, 0.25) is 0 Å². The second-order valence-corrected chi connectivity index (χ2v) is 8.03. The Labute approximate surface area is 176 Å². The molecule has 0 bridgehead atoms. The lowest BCUT2D eigenvalue weighted by Crippen LogP contribution is -2.38. The van der Waals surface area contributed by atoms with Crippen molar-refractivity contribution in [2.45, 2.75) is 30.6 Å². The summed E-state index contributed by atoms with van der Waals surface area (Å²) in [7, 11) is 0. The molecule has 1 atom stereocenters. The van der Waals surface area contributed by atoms with Crippen LogP contribution in [0.5, 0.6) is 0 Å². The van der Waals surface area contributed by atoms with E-state index in [1.54, 1.807) is 0 Å². The SMILES string of the molecule is O=C(CSc1nnc(N2CCOCC2)n1CC1CCCO1)Nc1cc(F)ccc1F. The van der Waals surface area contributed by atoms with Crippen LogP contribution < -0.4 is 10.2 Å². The Morgan fingerprint density at radius 2 is 2.07 bits per heavy atom. The topological polar surface area (TPSA) is 81.5 Å². The van der Waals surface area contributed by atoms with E-state index in [9.17, 15) is 13.6 Å². The van der Waals surface area contributed by atoms with Gasteiger partial charge in [-0.05, 0) is 25.0 Å². The van der Waals surface area contributed by atoms with Crippen molar-refractivity contribution >= 4 is 29.3 Å². The molecular weight excluding hydrogens is 416 g/mol. The maximum Gasteiger partial charge on any atom is 0.234 e. The zero-order chi connectivity index (χ0) is 20.9. The summed E-state index contributed by atoms with van der Waals surface area (Å²) in [6.07, 6.45) is 2.06. The fourth-order valence-electron chi connectivity index (χ4n) is 3.45. The monoisotopic (exact) mass is 439 g/mol. The zero-order valence-corrected chi connectivity index (χ0v) is 17.2. The van der Waals surface area contributed by atoms with Crippen LogP contribution in [0.3, 0.4) is 0 Å². The average molecular weight is 439 g/mol. The molecule has 162 valence electrons. The number of nitrogens with one attached hydrogen (secondary N) is 1. The summed E-state index contributed by atoms with van der Waals surface area (Å²) in [5.74, 6) is -1.04. The van der Waals surface area contributed by atoms with Crippen molar-refractivity contribution in [1.82, 2.24) is 14.8 Å². The molecule has 1 aromatic heterocycles. The molecule has 1 amide bonds. The molecule has 2 saturated heterocycles. The first-order chi connectivity index (χ1) is 14.6. The Balaban J connectivity index is 1.45. The minimum atomic E-state index is -0.689. The maximum atomic E-state index is 13.7. The molecule has 2 aromatic rings. The van der Waals surface area contributed by atoms with Gasteiger partial charge in [-0.15, -0.1) is 10.2 Å². The van der Waals surface area contributed by atoms with Crippen molar-refractivity contribution in [3.63, 3.8) is 0 Å². The summed E-state index contributed by atoms with van der Waals surface area (Å²) < 4.78 is 40.2. The number of thioether (sulfide) groups is 1. The average Bonchev–Trinajstić information content (AvgIpc) is 3.40. The van der Waals surface area contributed by atoms with Crippen LogP contribution in [0.4, 0.5) is 20.4 Å². The standard InChI is InChI=1S/C19H23F2N5O3S/c20-13-3-4-15(21)16(10-13)22-17(27)12-30-19-24-23-18(25-5-8-28-9-6-25)26(19)11-14-2-1-7-29-14/h3-4,10,14H,1-2,5-9,11-12H2,(H,22,27). The molecule has 0 spiro atoms. The predicted molar refractivity (Wildman–Crippen MR) is 108 cm³/mol. The summed E-state index contributed by atoms with van der Waals surface area (Å²) in [5.41, 5.74) is -0.185. The molecule has 0 radical (unpaired) electrons. The van der Waals surface area contributed by atoms with Crippen LogP contribution in [0.15, 0.2) is 23.4 Å². The molecule has 11 heteroatoms. The van der Waals surface area contributed by atoms with Crippen molar-refractivity contribution in [1.29, 1.82) is 0 Å². The van der Waals surface area contributed by atoms with Crippen LogP contribution in [0, 0.1) is 11.6 Å². The third kappa shape index (κ3) is 5.08. The van der Waals surface area contributed by atoms with Crippen LogP contribution in [-0.2, 0) is 20.8 Å². The maximum absolute atomic E-state index is 13.7. The second kappa shape index (κ2) is 9.71. The zero-order valence-electron chi connectivity index (χ0n) is 16.4. The first-order valence-electron chi connectivity index (χ1n) is 9.85. The van der Waals surface area contributed by atoms with Gasteiger partial charge < -0.3 is 19.7 Å². The summed E-state index contributed by atoms with van der Waals surface area (Å²) in [6, 6.07) is 2.93. The fourth-order valence-corrected chi connectivity index (χ4v) is 4.19. The number of aromatic nitrogens is 3. The highest BCUT2D eigenvalue weighted by Crippen LogP contribution is 2.26. The number of anilines is 2. The summed E-state index contributed by atoms with van der Waals surface area (Å²) in [5, 5.41) is 11.6. The summed E-state index contributed by atoms with van der Waals surface area (Å²) >= 11 is 1.20. The van der Waals surface area contributed by atoms with Crippen molar-refractivity contribution in [2.24, 2.45) is 0 Å². The normalized spacial score (nSPS) is 19.3. The van der Waals surface area contributed by atoms with E-state index in [1.165, 1.54) is 11.8 Å². The Hall–Kier alpha value is -2.24. The number of carbonyl (C=O) groups is 1. The molecule has 2 aliphatic heterocycles. The highest BCUT2D eigenvalue weighted by Gasteiger charge is 2.25. The largest absolute Gasteiger partial charge is 0.378 e. The third-order valence-corrected chi connectivity index (χ3v) is 5.90. The summed E-state index contributed by atoms with van der Waals surface area (Å²) in [4.78, 5) is 14.4. The Morgan fingerprint density at radius 1 is 1.23 bits per heavy atom. The van der Waals surface area contributed by atoms with Crippen molar-refractivity contribution < 1.29 is 23.0 Å². The Kier molecular flexibility index (Phi) is 6.80. The van der Waals surface area contributed by atoms with Crippen molar-refractivity contribution in [3.8, 4) is 0 Å². The fraction of sp³-hybridized carbons (Fsp3) is 0.526. The number of carbonyl (C=O) groups excluding carboxylic acids is 1. The second-order valence-electron chi connectivity index (χ2n) is 7.09. The first-order valence-corrected chi connectivity index (χ1v) is 10.8. The molecular formula is C19H23F2N5O3S. The predicted octanol–water partition coefficient (Wildman–Crippen LogP) is 2.30. The van der Waals surface area contributed by atoms with Crippen LogP contribution in [-0.4, -0.2) is 65.4 Å². The van der Waals surface area contributed by atoms with Crippen molar-refractivity contribution in [2.75, 3.05) is 48.9 Å². The Morgan fingerprint density at radius 3 is 2.83 bits per heavy atom. The van der Waals surface area contributed by atoms with E-state index in [1.807, 2.05) is 4.57 Å². The number of halogens is 2. The van der Waals surface area contributed by atoms with E-state index in [4.69, 9.17) is 9.47 Å². The van der Waals surface area contributed by atoms with Crippen LogP contribution in [0.25, 0.3) is 0 Å². The minimum Gasteiger partial charge on any atom is -0.378 e. The highest BCUT2D eigenvalue weighted by atomic mass is 32.2. The highest BCUT2D eigenvalue weighted by molar-refractivity contribution is 7.99. The molecule has 2 aliphatic rings. The number of nitrogens with zero attached hydrogens (tertiary/aromatic N) is 4. The molecule has 1 N–H and O–H groups in total. The molecule has 1 aromatic carbocycles. The van der Waals surface area contributed by atoms with Crippen LogP contribution in [0.1, 0.15) is 12.8 Å². The number of rotatable bonds is 7. The molecule has 3 heterocycles. The number of morpholine rings is 1. The van der Waals surface area contributed by atoms with Gasteiger partial charge in [0.25, 0.3) is 0 Å². The van der Waals surface area contributed by atoms with Gasteiger partial charge >= 0.3 is 0 Å². The van der Waals surface area contributed by atoms with E-state index in [0.29, 0.717) is 38.0 Å². The quantitative estimate of drug-likeness (QED) is 0.663. The summed E-state index contributed by atoms with van der Waals surface area (Å²) in [6.45, 7) is 4.01. The van der Waals surface area contributed by atoms with Gasteiger partial charge in [0.2, 0.25) is 11.9 Å². The van der Waals surface area contributed by atoms with Gasteiger partial charge in [-0.25, -0.2) is 8.78 Å². The van der Waals surface area contributed by atoms with Gasteiger partial charge in [-0.2, -0.15) is 0 Å². The lowest BCUT2D eigenvalue weighted by Gasteiger charge is -2.28. The van der Waals surface area contributed by atoms with E-state index in [2.05, 4.69) is 20.4 Å². The molecule has 1 unspecified atom stereocenters. The molecule has 2 fully saturated rings. The number of hydrogen-bond acceptors (Lipinski definition) is 7. The first kappa shape index (κ1) is 21.0. The van der Waals surface area contributed by atoms with Gasteiger partial charge in [0.15, 0.2) is 5.16 Å². The van der Waals surface area contributed by atoms with E-state index in [-0.39, 0.29) is 17.5 Å². The van der Waals surface area contributed by atoms with Gasteiger partial charge in [0.05, 0.1) is 37.3 Å². The molecule has 0 saturated carbocycles. The van der Waals surface area contributed by atoms with Gasteiger partial charge in [0.1, 0.15) is 11.6 Å². The number of ether oxygens (including phenoxy) is 2.